The van der Waals surface area contributed by atoms with E-state index in [0.29, 0.717) is 63.7 Å². The van der Waals surface area contributed by atoms with Gasteiger partial charge in [0.1, 0.15) is 0 Å². The van der Waals surface area contributed by atoms with Crippen molar-refractivity contribution in [1.82, 2.24) is 5.32 Å². The number of aliphatic hydroxyl groups excluding tert-OH is 1. The molecule has 2 amide bonds. The first-order valence-electron chi connectivity index (χ1n) is 16.1. The zero-order chi connectivity index (χ0) is 32.9. The Balaban J connectivity index is 1.89. The van der Waals surface area contributed by atoms with Crippen molar-refractivity contribution in [2.45, 2.75) is 69.3 Å². The number of amides is 2. The summed E-state index contributed by atoms with van der Waals surface area (Å²) in [6.45, 7) is 6.75. The number of anilines is 2. The molecule has 1 aliphatic rings. The maximum Gasteiger partial charge on any atom is 0.319 e. The Bertz CT molecular complexity index is 1310. The van der Waals surface area contributed by atoms with Crippen LogP contribution in [-0.2, 0) is 24.0 Å². The highest BCUT2D eigenvalue weighted by atomic mass is 32.2. The van der Waals surface area contributed by atoms with E-state index in [4.69, 9.17) is 14.2 Å². The summed E-state index contributed by atoms with van der Waals surface area (Å²) in [5.74, 6) is -0.691. The minimum absolute atomic E-state index is 0.0896. The number of fused-ring (bicyclic) bond motifs is 1. The maximum atomic E-state index is 14.1. The van der Waals surface area contributed by atoms with E-state index >= 15 is 0 Å². The number of ether oxygens (including phenoxy) is 3. The summed E-state index contributed by atoms with van der Waals surface area (Å²) in [6, 6.07) is 12.4. The number of carbonyl (C=O) groups excluding carboxylic acids is 1. The number of rotatable bonds is 18. The molecule has 1 aliphatic heterocycles. The van der Waals surface area contributed by atoms with Gasteiger partial charge in [0, 0.05) is 50.5 Å². The van der Waals surface area contributed by atoms with Gasteiger partial charge in [-0.25, -0.2) is 13.2 Å². The number of aliphatic hydroxyl groups is 1. The van der Waals surface area contributed by atoms with Crippen LogP contribution in [0.25, 0.3) is 0 Å². The number of hydrogen-bond donors (Lipinski definition) is 3. The Kier molecular flexibility index (Phi) is 14.6. The average Bonchev–Trinajstić information content (AvgIpc) is 3.08. The number of unbranched alkanes of at least 4 members (excludes halogenated alkanes) is 2. The molecule has 11 heteroatoms. The van der Waals surface area contributed by atoms with Crippen molar-refractivity contribution in [3.63, 3.8) is 0 Å². The minimum Gasteiger partial charge on any atom is -0.392 e. The predicted molar refractivity (Wildman–Crippen MR) is 179 cm³/mol. The largest absolute Gasteiger partial charge is 0.392 e. The first kappa shape index (κ1) is 36.8. The van der Waals surface area contributed by atoms with Gasteiger partial charge >= 0.3 is 6.03 Å². The van der Waals surface area contributed by atoms with Crippen LogP contribution in [0, 0.1) is 5.41 Å². The van der Waals surface area contributed by atoms with E-state index in [2.05, 4.69) is 24.5 Å². The highest BCUT2D eigenvalue weighted by Crippen LogP contribution is 2.50. The molecule has 10 nitrogen and oxygen atoms in total. The second-order valence-corrected chi connectivity index (χ2v) is 14.0. The molecule has 3 rings (SSSR count). The van der Waals surface area contributed by atoms with Gasteiger partial charge in [0.2, 0.25) is 0 Å². The second kappa shape index (κ2) is 17.9. The number of carbonyl (C=O) groups is 1. The lowest BCUT2D eigenvalue weighted by atomic mass is 9.68. The molecule has 252 valence electrons. The molecular weight excluding hydrogens is 594 g/mol. The zero-order valence-electron chi connectivity index (χ0n) is 27.6. The normalized spacial score (nSPS) is 18.5. The summed E-state index contributed by atoms with van der Waals surface area (Å²) in [5, 5.41) is 18.1. The van der Waals surface area contributed by atoms with Crippen LogP contribution in [0.15, 0.2) is 47.4 Å². The van der Waals surface area contributed by atoms with Crippen LogP contribution in [0.1, 0.15) is 69.4 Å². The molecule has 0 saturated carbocycles. The van der Waals surface area contributed by atoms with Gasteiger partial charge in [-0.15, -0.1) is 0 Å². The summed E-state index contributed by atoms with van der Waals surface area (Å²) in [6.07, 6.45) is 3.77. The van der Waals surface area contributed by atoms with Crippen molar-refractivity contribution < 1.29 is 32.5 Å². The molecule has 0 spiro atoms. The van der Waals surface area contributed by atoms with Gasteiger partial charge in [-0.3, -0.25) is 0 Å². The monoisotopic (exact) mass is 647 g/mol. The topological polar surface area (TPSA) is 126 Å². The minimum atomic E-state index is -3.70. The second-order valence-electron chi connectivity index (χ2n) is 12.1. The van der Waals surface area contributed by atoms with Gasteiger partial charge in [-0.05, 0) is 54.3 Å². The lowest BCUT2D eigenvalue weighted by Crippen LogP contribution is -2.43. The summed E-state index contributed by atoms with van der Waals surface area (Å²) in [5.41, 5.74) is 1.95. The molecule has 3 N–H and O–H groups in total. The first-order valence-corrected chi connectivity index (χ1v) is 17.7. The molecule has 45 heavy (non-hydrogen) atoms. The number of nitrogens with one attached hydrogen (secondary N) is 2. The van der Waals surface area contributed by atoms with Crippen LogP contribution in [0.4, 0.5) is 16.2 Å². The SMILES string of the molecule is CCCCC1(CCCC)CS(=O)(=O)c2ccc(N(C)C)cc2[C@@H](c2cccc(NC(=O)NCCOCCOCCOC)c2)[C@H]1O. The third-order valence-electron chi connectivity index (χ3n) is 8.50. The van der Waals surface area contributed by atoms with E-state index < -0.39 is 27.3 Å². The Labute approximate surface area is 269 Å². The Morgan fingerprint density at radius 3 is 2.29 bits per heavy atom. The Morgan fingerprint density at radius 2 is 1.64 bits per heavy atom. The number of hydrogen-bond acceptors (Lipinski definition) is 8. The summed E-state index contributed by atoms with van der Waals surface area (Å²) >= 11 is 0. The van der Waals surface area contributed by atoms with Crippen LogP contribution in [0.5, 0.6) is 0 Å². The van der Waals surface area contributed by atoms with E-state index in [1.54, 1.807) is 19.2 Å². The molecule has 2 aromatic rings. The van der Waals surface area contributed by atoms with Crippen LogP contribution < -0.4 is 15.5 Å². The summed E-state index contributed by atoms with van der Waals surface area (Å²) < 4.78 is 43.9. The standard InChI is InChI=1S/C34H53N3O7S/c1-6-8-15-34(16-9-7-2)25-45(40,41)30-14-13-28(37(3)4)24-29(30)31(32(34)38)26-11-10-12-27(23-26)36-33(39)35-17-18-43-21-22-44-20-19-42-5/h10-14,23-24,31-32,38H,6-9,15-22,25H2,1-5H3,(H2,35,36,39)/t31-,32-/m1/s1. The van der Waals surface area contributed by atoms with Crippen LogP contribution in [0.3, 0.4) is 0 Å². The molecule has 1 heterocycles. The molecule has 0 fully saturated rings. The summed E-state index contributed by atoms with van der Waals surface area (Å²) in [7, 11) is 1.75. The quantitative estimate of drug-likeness (QED) is 0.189. The van der Waals surface area contributed by atoms with Crippen molar-refractivity contribution in [2.24, 2.45) is 5.41 Å². The molecule has 2 atom stereocenters. The van der Waals surface area contributed by atoms with E-state index in [1.165, 1.54) is 0 Å². The highest BCUT2D eigenvalue weighted by molar-refractivity contribution is 7.91. The highest BCUT2D eigenvalue weighted by Gasteiger charge is 2.49. The number of urea groups is 1. The molecule has 0 unspecified atom stereocenters. The van der Waals surface area contributed by atoms with E-state index in [0.717, 1.165) is 36.9 Å². The van der Waals surface area contributed by atoms with E-state index in [9.17, 15) is 18.3 Å². The lowest BCUT2D eigenvalue weighted by Gasteiger charge is -2.40. The van der Waals surface area contributed by atoms with Crippen LogP contribution in [-0.4, -0.2) is 92.2 Å². The molecule has 2 aromatic carbocycles. The molecule has 0 saturated heterocycles. The third kappa shape index (κ3) is 10.1. The third-order valence-corrected chi connectivity index (χ3v) is 10.5. The van der Waals surface area contributed by atoms with Crippen LogP contribution >= 0.6 is 0 Å². The van der Waals surface area contributed by atoms with Crippen molar-refractivity contribution in [3.05, 3.63) is 53.6 Å². The fraction of sp³-hybridized carbons (Fsp3) is 0.618. The van der Waals surface area contributed by atoms with E-state index in [1.807, 2.05) is 49.3 Å². The van der Waals surface area contributed by atoms with Gasteiger partial charge in [-0.2, -0.15) is 0 Å². The van der Waals surface area contributed by atoms with Gasteiger partial charge < -0.3 is 34.9 Å². The number of sulfone groups is 1. The molecule has 0 aromatic heterocycles. The predicted octanol–water partition coefficient (Wildman–Crippen LogP) is 5.20. The summed E-state index contributed by atoms with van der Waals surface area (Å²) in [4.78, 5) is 14.9. The van der Waals surface area contributed by atoms with Crippen LogP contribution in [0.2, 0.25) is 0 Å². The van der Waals surface area contributed by atoms with Gasteiger partial charge in [0.25, 0.3) is 0 Å². The molecule has 0 bridgehead atoms. The number of nitrogens with zero attached hydrogens (tertiary/aromatic N) is 1. The Morgan fingerprint density at radius 1 is 0.978 bits per heavy atom. The fourth-order valence-corrected chi connectivity index (χ4v) is 8.27. The van der Waals surface area contributed by atoms with Gasteiger partial charge in [0.15, 0.2) is 9.84 Å². The van der Waals surface area contributed by atoms with E-state index in [-0.39, 0.29) is 16.7 Å². The molecule has 0 aliphatic carbocycles. The fourth-order valence-electron chi connectivity index (χ4n) is 6.08. The van der Waals surface area contributed by atoms with Gasteiger partial charge in [-0.1, -0.05) is 51.7 Å². The van der Waals surface area contributed by atoms with Crippen molar-refractivity contribution >= 4 is 27.2 Å². The van der Waals surface area contributed by atoms with Crippen molar-refractivity contribution in [2.75, 3.05) is 76.8 Å². The zero-order valence-corrected chi connectivity index (χ0v) is 28.5. The maximum absolute atomic E-state index is 14.1. The molecule has 0 radical (unpaired) electrons. The van der Waals surface area contributed by atoms with Crippen molar-refractivity contribution in [3.8, 4) is 0 Å². The Hall–Kier alpha value is -2.70. The lowest BCUT2D eigenvalue weighted by molar-refractivity contribution is 0.0127. The number of methoxy groups -OCH3 is 1. The number of benzene rings is 2. The smallest absolute Gasteiger partial charge is 0.319 e. The average molecular weight is 648 g/mol. The van der Waals surface area contributed by atoms with Gasteiger partial charge in [0.05, 0.1) is 49.8 Å². The van der Waals surface area contributed by atoms with Crippen molar-refractivity contribution in [1.29, 1.82) is 0 Å². The molecular formula is C34H53N3O7S. The first-order chi connectivity index (χ1) is 21.6.